The molecule has 8 nitrogen and oxygen atoms in total. The number of benzene rings is 1. The number of urea groups is 1. The maximum atomic E-state index is 12.4. The van der Waals surface area contributed by atoms with Gasteiger partial charge in [-0.2, -0.15) is 5.10 Å². The number of likely N-dealkylation sites (tertiary alicyclic amines) is 1. The molecule has 0 spiro atoms. The van der Waals surface area contributed by atoms with Crippen molar-refractivity contribution in [2.24, 2.45) is 0 Å². The summed E-state index contributed by atoms with van der Waals surface area (Å²) >= 11 is 0. The van der Waals surface area contributed by atoms with Crippen molar-refractivity contribution in [3.8, 4) is 0 Å². The number of aromatic nitrogens is 5. The third kappa shape index (κ3) is 3.47. The van der Waals surface area contributed by atoms with Crippen molar-refractivity contribution in [2.45, 2.75) is 25.3 Å². The maximum absolute atomic E-state index is 12.4. The first-order valence-electron chi connectivity index (χ1n) is 8.60. The minimum atomic E-state index is -0.00701. The van der Waals surface area contributed by atoms with Gasteiger partial charge in [0.1, 0.15) is 0 Å². The van der Waals surface area contributed by atoms with Gasteiger partial charge in [-0.3, -0.25) is 5.10 Å². The molecule has 1 aromatic carbocycles. The highest BCUT2D eigenvalue weighted by Crippen LogP contribution is 2.20. The van der Waals surface area contributed by atoms with E-state index in [2.05, 4.69) is 38.0 Å². The molecule has 0 saturated carbocycles. The summed E-state index contributed by atoms with van der Waals surface area (Å²) in [5.41, 5.74) is 2.20. The lowest BCUT2D eigenvalue weighted by atomic mass is 10.1. The van der Waals surface area contributed by atoms with Crippen LogP contribution in [0.25, 0.3) is 10.9 Å². The SMILES string of the molecule is O=C(NCCc1ccc2cn[nH]c2c1)N1CCCC(n2ccnn2)C1. The van der Waals surface area contributed by atoms with Gasteiger partial charge >= 0.3 is 6.03 Å². The summed E-state index contributed by atoms with van der Waals surface area (Å²) in [7, 11) is 0. The Labute approximate surface area is 145 Å². The van der Waals surface area contributed by atoms with Crippen LogP contribution in [0, 0.1) is 0 Å². The van der Waals surface area contributed by atoms with E-state index in [1.54, 1.807) is 6.20 Å². The minimum Gasteiger partial charge on any atom is -0.338 e. The smallest absolute Gasteiger partial charge is 0.317 e. The topological polar surface area (TPSA) is 91.7 Å². The number of carbonyl (C=O) groups excluding carboxylic acids is 1. The fourth-order valence-corrected chi connectivity index (χ4v) is 3.33. The second-order valence-corrected chi connectivity index (χ2v) is 6.40. The van der Waals surface area contributed by atoms with Gasteiger partial charge in [0.05, 0.1) is 24.0 Å². The molecular weight excluding hydrogens is 318 g/mol. The van der Waals surface area contributed by atoms with Gasteiger partial charge in [0.15, 0.2) is 0 Å². The van der Waals surface area contributed by atoms with E-state index >= 15 is 0 Å². The van der Waals surface area contributed by atoms with E-state index in [0.29, 0.717) is 13.1 Å². The largest absolute Gasteiger partial charge is 0.338 e. The van der Waals surface area contributed by atoms with Crippen LogP contribution < -0.4 is 5.32 Å². The number of hydrogen-bond donors (Lipinski definition) is 2. The summed E-state index contributed by atoms with van der Waals surface area (Å²) < 4.78 is 1.85. The fraction of sp³-hybridized carbons (Fsp3) is 0.412. The highest BCUT2D eigenvalue weighted by molar-refractivity contribution is 5.78. The average Bonchev–Trinajstić information content (AvgIpc) is 3.33. The van der Waals surface area contributed by atoms with E-state index in [0.717, 1.165) is 36.7 Å². The van der Waals surface area contributed by atoms with Crippen LogP contribution in [0.4, 0.5) is 4.79 Å². The molecule has 3 heterocycles. The Morgan fingerprint density at radius 3 is 3.24 bits per heavy atom. The van der Waals surface area contributed by atoms with Crippen LogP contribution in [0.2, 0.25) is 0 Å². The van der Waals surface area contributed by atoms with Gasteiger partial charge in [-0.05, 0) is 30.9 Å². The molecule has 130 valence electrons. The van der Waals surface area contributed by atoms with Gasteiger partial charge in [-0.25, -0.2) is 9.48 Å². The summed E-state index contributed by atoms with van der Waals surface area (Å²) in [6, 6.07) is 6.41. The maximum Gasteiger partial charge on any atom is 0.317 e. The lowest BCUT2D eigenvalue weighted by Crippen LogP contribution is -2.46. The number of nitrogens with zero attached hydrogens (tertiary/aromatic N) is 5. The third-order valence-electron chi connectivity index (χ3n) is 4.70. The Kier molecular flexibility index (Phi) is 4.32. The quantitative estimate of drug-likeness (QED) is 0.757. The Bertz CT molecular complexity index is 842. The first-order chi connectivity index (χ1) is 12.3. The number of piperidine rings is 1. The number of nitrogens with one attached hydrogen (secondary N) is 2. The fourth-order valence-electron chi connectivity index (χ4n) is 3.33. The van der Waals surface area contributed by atoms with Crippen molar-refractivity contribution < 1.29 is 4.79 Å². The van der Waals surface area contributed by atoms with E-state index in [1.807, 2.05) is 28.0 Å². The van der Waals surface area contributed by atoms with E-state index < -0.39 is 0 Å². The Morgan fingerprint density at radius 1 is 1.40 bits per heavy atom. The van der Waals surface area contributed by atoms with Gasteiger partial charge in [-0.1, -0.05) is 17.3 Å². The zero-order chi connectivity index (χ0) is 17.1. The summed E-state index contributed by atoms with van der Waals surface area (Å²) in [5, 5.41) is 19.0. The molecule has 0 radical (unpaired) electrons. The lowest BCUT2D eigenvalue weighted by Gasteiger charge is -2.32. The molecule has 1 atom stereocenters. The molecule has 0 bridgehead atoms. The number of fused-ring (bicyclic) bond motifs is 1. The Balaban J connectivity index is 1.29. The van der Waals surface area contributed by atoms with Crippen molar-refractivity contribution in [2.75, 3.05) is 19.6 Å². The summed E-state index contributed by atoms with van der Waals surface area (Å²) in [5.74, 6) is 0. The van der Waals surface area contributed by atoms with Gasteiger partial charge in [-0.15, -0.1) is 5.10 Å². The average molecular weight is 339 g/mol. The summed E-state index contributed by atoms with van der Waals surface area (Å²) in [4.78, 5) is 14.3. The Morgan fingerprint density at radius 2 is 2.36 bits per heavy atom. The second-order valence-electron chi connectivity index (χ2n) is 6.40. The zero-order valence-electron chi connectivity index (χ0n) is 13.9. The minimum absolute atomic E-state index is 0.00701. The summed E-state index contributed by atoms with van der Waals surface area (Å²) in [6.07, 6.45) is 8.14. The predicted octanol–water partition coefficient (Wildman–Crippen LogP) is 1.74. The predicted molar refractivity (Wildman–Crippen MR) is 93.1 cm³/mol. The van der Waals surface area contributed by atoms with Crippen molar-refractivity contribution in [1.82, 2.24) is 35.4 Å². The molecule has 1 saturated heterocycles. The number of hydrogen-bond acceptors (Lipinski definition) is 4. The van der Waals surface area contributed by atoms with Crippen LogP contribution in [0.3, 0.4) is 0 Å². The monoisotopic (exact) mass is 339 g/mol. The second kappa shape index (κ2) is 6.92. The number of H-pyrrole nitrogens is 1. The molecule has 3 aromatic rings. The zero-order valence-corrected chi connectivity index (χ0v) is 13.9. The molecule has 8 heteroatoms. The van der Waals surface area contributed by atoms with Crippen LogP contribution in [-0.4, -0.2) is 55.8 Å². The highest BCUT2D eigenvalue weighted by Gasteiger charge is 2.24. The van der Waals surface area contributed by atoms with E-state index in [9.17, 15) is 4.79 Å². The van der Waals surface area contributed by atoms with Crippen LogP contribution in [-0.2, 0) is 6.42 Å². The number of rotatable bonds is 4. The van der Waals surface area contributed by atoms with E-state index in [1.165, 1.54) is 5.56 Å². The summed E-state index contributed by atoms with van der Waals surface area (Å²) in [6.45, 7) is 2.08. The molecular formula is C17H21N7O. The molecule has 1 aliphatic heterocycles. The van der Waals surface area contributed by atoms with Crippen LogP contribution in [0.15, 0.2) is 36.8 Å². The molecule has 1 unspecified atom stereocenters. The van der Waals surface area contributed by atoms with E-state index in [-0.39, 0.29) is 12.1 Å². The van der Waals surface area contributed by atoms with Crippen molar-refractivity contribution >= 4 is 16.9 Å². The van der Waals surface area contributed by atoms with Gasteiger partial charge in [0.2, 0.25) is 0 Å². The van der Waals surface area contributed by atoms with Gasteiger partial charge < -0.3 is 10.2 Å². The van der Waals surface area contributed by atoms with Crippen molar-refractivity contribution in [1.29, 1.82) is 0 Å². The molecule has 1 aliphatic rings. The Hall–Kier alpha value is -2.90. The number of carbonyl (C=O) groups is 1. The molecule has 2 N–H and O–H groups in total. The first-order valence-corrected chi connectivity index (χ1v) is 8.60. The van der Waals surface area contributed by atoms with Crippen molar-refractivity contribution in [3.63, 3.8) is 0 Å². The normalized spacial score (nSPS) is 17.8. The number of amides is 2. The lowest BCUT2D eigenvalue weighted by molar-refractivity contribution is 0.162. The standard InChI is InChI=1S/C17H21N7O/c25-17(23-8-1-2-15(12-23)24-9-7-19-22-24)18-6-5-13-3-4-14-11-20-21-16(14)10-13/h3-4,7,9-11,15H,1-2,5-6,8,12H2,(H,18,25)(H,20,21). The van der Waals surface area contributed by atoms with Crippen LogP contribution >= 0.6 is 0 Å². The van der Waals surface area contributed by atoms with Crippen LogP contribution in [0.5, 0.6) is 0 Å². The van der Waals surface area contributed by atoms with Gasteiger partial charge in [0.25, 0.3) is 0 Å². The molecule has 0 aliphatic carbocycles. The third-order valence-corrected chi connectivity index (χ3v) is 4.70. The number of aromatic amines is 1. The molecule has 2 amide bonds. The van der Waals surface area contributed by atoms with Gasteiger partial charge in [0, 0.05) is 31.2 Å². The van der Waals surface area contributed by atoms with Crippen molar-refractivity contribution in [3.05, 3.63) is 42.4 Å². The first kappa shape index (κ1) is 15.6. The molecule has 25 heavy (non-hydrogen) atoms. The van der Waals surface area contributed by atoms with E-state index in [4.69, 9.17) is 0 Å². The molecule has 4 rings (SSSR count). The molecule has 1 fully saturated rings. The van der Waals surface area contributed by atoms with Crippen LogP contribution in [0.1, 0.15) is 24.4 Å². The molecule has 2 aromatic heterocycles. The highest BCUT2D eigenvalue weighted by atomic mass is 16.2.